The number of thiophene rings is 1. The van der Waals surface area contributed by atoms with Crippen LogP contribution >= 0.6 is 22.9 Å². The van der Waals surface area contributed by atoms with Gasteiger partial charge in [0.1, 0.15) is 9.71 Å². The van der Waals surface area contributed by atoms with Crippen LogP contribution in [0.2, 0.25) is 5.02 Å². The summed E-state index contributed by atoms with van der Waals surface area (Å²) in [5, 5.41) is 4.50. The molecule has 3 N–H and O–H groups in total. The summed E-state index contributed by atoms with van der Waals surface area (Å²) in [4.78, 5) is 18.9. The number of nitrogens with two attached hydrogens (primary N) is 1. The van der Waals surface area contributed by atoms with E-state index in [4.69, 9.17) is 22.3 Å². The first-order valence-corrected chi connectivity index (χ1v) is 10.5. The number of fused-ring (bicyclic) bond motifs is 2. The number of benzene rings is 1. The molecule has 6 heteroatoms. The largest absolute Gasteiger partial charge is 0.397 e. The summed E-state index contributed by atoms with van der Waals surface area (Å²) in [6.07, 6.45) is 4.45. The van der Waals surface area contributed by atoms with Gasteiger partial charge in [-0.2, -0.15) is 0 Å². The minimum Gasteiger partial charge on any atom is -0.397 e. The number of rotatable bonds is 4. The minimum atomic E-state index is -0.167. The fourth-order valence-electron chi connectivity index (χ4n) is 3.69. The van der Waals surface area contributed by atoms with Crippen molar-refractivity contribution in [2.45, 2.75) is 39.2 Å². The highest BCUT2D eigenvalue weighted by atomic mass is 35.5. The Balaban J connectivity index is 1.58. The number of nitrogens with zero attached hydrogens (tertiary/aromatic N) is 1. The van der Waals surface area contributed by atoms with E-state index in [0.717, 1.165) is 34.5 Å². The number of pyridine rings is 1. The van der Waals surface area contributed by atoms with Crippen molar-refractivity contribution in [2.75, 3.05) is 5.73 Å². The Morgan fingerprint density at radius 3 is 3.04 bits per heavy atom. The van der Waals surface area contributed by atoms with Crippen molar-refractivity contribution in [1.82, 2.24) is 10.3 Å². The predicted octanol–water partition coefficient (Wildman–Crippen LogP) is 4.98. The van der Waals surface area contributed by atoms with E-state index in [0.29, 0.717) is 22.1 Å². The molecule has 1 aliphatic rings. The Hall–Kier alpha value is -2.11. The second-order valence-corrected chi connectivity index (χ2v) is 8.56. The molecule has 1 atom stereocenters. The third-order valence-corrected chi connectivity index (χ3v) is 6.66. The van der Waals surface area contributed by atoms with Crippen LogP contribution in [0, 0.1) is 5.92 Å². The second-order valence-electron chi connectivity index (χ2n) is 7.12. The van der Waals surface area contributed by atoms with E-state index >= 15 is 0 Å². The number of hydrogen-bond acceptors (Lipinski definition) is 4. The standard InChI is InChI=1S/C21H22ClN3OS/c1-2-12-6-7-17-14(8-12)10-16-18(23)19(27-21(16)25-17)20(26)24-11-13-4-3-5-15(22)9-13/h3-5,9-10,12H,2,6-8,11,23H2,1H3,(H,24,26)/t12-/m0/s1. The van der Waals surface area contributed by atoms with Gasteiger partial charge in [-0.1, -0.05) is 37.1 Å². The number of amides is 1. The van der Waals surface area contributed by atoms with Crippen LogP contribution in [0.25, 0.3) is 10.2 Å². The Kier molecular flexibility index (Phi) is 5.06. The first-order chi connectivity index (χ1) is 13.0. The number of carbonyl (C=O) groups is 1. The summed E-state index contributed by atoms with van der Waals surface area (Å²) >= 11 is 7.38. The molecule has 0 unspecified atom stereocenters. The van der Waals surface area contributed by atoms with E-state index in [1.165, 1.54) is 35.4 Å². The molecule has 4 rings (SSSR count). The van der Waals surface area contributed by atoms with E-state index in [1.54, 1.807) is 0 Å². The Morgan fingerprint density at radius 1 is 1.41 bits per heavy atom. The molecule has 2 aromatic heterocycles. The number of aromatic nitrogens is 1. The van der Waals surface area contributed by atoms with Gasteiger partial charge in [0.2, 0.25) is 0 Å². The molecule has 0 radical (unpaired) electrons. The average Bonchev–Trinajstić information content (AvgIpc) is 3.00. The van der Waals surface area contributed by atoms with Crippen LogP contribution in [0.3, 0.4) is 0 Å². The maximum Gasteiger partial charge on any atom is 0.263 e. The van der Waals surface area contributed by atoms with Gasteiger partial charge in [0.15, 0.2) is 0 Å². The molecule has 0 aliphatic heterocycles. The van der Waals surface area contributed by atoms with Crippen molar-refractivity contribution >= 4 is 44.7 Å². The highest BCUT2D eigenvalue weighted by molar-refractivity contribution is 7.21. The van der Waals surface area contributed by atoms with Gasteiger partial charge in [-0.15, -0.1) is 11.3 Å². The van der Waals surface area contributed by atoms with Crippen molar-refractivity contribution in [3.8, 4) is 0 Å². The van der Waals surface area contributed by atoms with Crippen molar-refractivity contribution in [2.24, 2.45) is 5.92 Å². The molecule has 0 bridgehead atoms. The summed E-state index contributed by atoms with van der Waals surface area (Å²) < 4.78 is 0. The zero-order valence-electron chi connectivity index (χ0n) is 15.2. The zero-order chi connectivity index (χ0) is 19.0. The van der Waals surface area contributed by atoms with Gasteiger partial charge in [-0.05, 0) is 54.5 Å². The lowest BCUT2D eigenvalue weighted by Gasteiger charge is -2.22. The summed E-state index contributed by atoms with van der Waals surface area (Å²) in [6.45, 7) is 2.65. The molecule has 27 heavy (non-hydrogen) atoms. The number of halogens is 1. The average molecular weight is 400 g/mol. The molecule has 140 valence electrons. The molecule has 1 aromatic carbocycles. The van der Waals surface area contributed by atoms with Gasteiger partial charge >= 0.3 is 0 Å². The zero-order valence-corrected chi connectivity index (χ0v) is 16.8. The highest BCUT2D eigenvalue weighted by Gasteiger charge is 2.23. The highest BCUT2D eigenvalue weighted by Crippen LogP contribution is 2.36. The third kappa shape index (κ3) is 3.66. The number of anilines is 1. The lowest BCUT2D eigenvalue weighted by molar-refractivity contribution is 0.0956. The lowest BCUT2D eigenvalue weighted by Crippen LogP contribution is -2.22. The van der Waals surface area contributed by atoms with Crippen LogP contribution in [-0.4, -0.2) is 10.9 Å². The van der Waals surface area contributed by atoms with Crippen molar-refractivity contribution in [3.05, 3.63) is 57.1 Å². The second kappa shape index (κ2) is 7.49. The molecule has 0 saturated heterocycles. The smallest absolute Gasteiger partial charge is 0.263 e. The van der Waals surface area contributed by atoms with Gasteiger partial charge in [-0.3, -0.25) is 4.79 Å². The first kappa shape index (κ1) is 18.3. The van der Waals surface area contributed by atoms with Gasteiger partial charge in [-0.25, -0.2) is 4.98 Å². The summed E-state index contributed by atoms with van der Waals surface area (Å²) in [6, 6.07) is 9.61. The van der Waals surface area contributed by atoms with Crippen molar-refractivity contribution < 1.29 is 4.79 Å². The molecule has 2 heterocycles. The van der Waals surface area contributed by atoms with E-state index < -0.39 is 0 Å². The van der Waals surface area contributed by atoms with Gasteiger partial charge < -0.3 is 11.1 Å². The number of carbonyl (C=O) groups excluding carboxylic acids is 1. The molecule has 0 fully saturated rings. The summed E-state index contributed by atoms with van der Waals surface area (Å²) in [7, 11) is 0. The number of nitrogens with one attached hydrogen (secondary N) is 1. The fraction of sp³-hybridized carbons (Fsp3) is 0.333. The molecule has 3 aromatic rings. The summed E-state index contributed by atoms with van der Waals surface area (Å²) in [5.41, 5.74) is 10.3. The Bertz CT molecular complexity index is 1010. The number of hydrogen-bond donors (Lipinski definition) is 2. The van der Waals surface area contributed by atoms with Crippen LogP contribution in [-0.2, 0) is 19.4 Å². The monoisotopic (exact) mass is 399 g/mol. The topological polar surface area (TPSA) is 68.0 Å². The lowest BCUT2D eigenvalue weighted by atomic mass is 9.85. The Morgan fingerprint density at radius 2 is 2.26 bits per heavy atom. The Labute approximate surface area is 167 Å². The summed E-state index contributed by atoms with van der Waals surface area (Å²) in [5.74, 6) is 0.553. The van der Waals surface area contributed by atoms with Crippen LogP contribution < -0.4 is 11.1 Å². The molecule has 0 saturated carbocycles. The third-order valence-electron chi connectivity index (χ3n) is 5.31. The van der Waals surface area contributed by atoms with E-state index in [9.17, 15) is 4.79 Å². The van der Waals surface area contributed by atoms with E-state index in [1.807, 2.05) is 24.3 Å². The fourth-order valence-corrected chi connectivity index (χ4v) is 4.92. The van der Waals surface area contributed by atoms with Gasteiger partial charge in [0.25, 0.3) is 5.91 Å². The van der Waals surface area contributed by atoms with E-state index in [2.05, 4.69) is 18.3 Å². The van der Waals surface area contributed by atoms with Crippen molar-refractivity contribution in [3.63, 3.8) is 0 Å². The van der Waals surface area contributed by atoms with Crippen molar-refractivity contribution in [1.29, 1.82) is 0 Å². The van der Waals surface area contributed by atoms with Gasteiger partial charge in [0.05, 0.1) is 5.69 Å². The normalized spacial score (nSPS) is 16.3. The predicted molar refractivity (Wildman–Crippen MR) is 112 cm³/mol. The molecule has 1 amide bonds. The molecule has 4 nitrogen and oxygen atoms in total. The van der Waals surface area contributed by atoms with E-state index in [-0.39, 0.29) is 5.91 Å². The maximum atomic E-state index is 12.7. The number of aryl methyl sites for hydroxylation is 1. The minimum absolute atomic E-state index is 0.167. The van der Waals surface area contributed by atoms with Crippen LogP contribution in [0.4, 0.5) is 5.69 Å². The van der Waals surface area contributed by atoms with Crippen LogP contribution in [0.1, 0.15) is 46.3 Å². The van der Waals surface area contributed by atoms with Gasteiger partial charge in [0, 0.05) is 22.6 Å². The molecular weight excluding hydrogens is 378 g/mol. The SMILES string of the molecule is CC[C@H]1CCc2nc3sc(C(=O)NCc4cccc(Cl)c4)c(N)c3cc2C1. The number of nitrogen functional groups attached to an aromatic ring is 1. The van der Waals surface area contributed by atoms with Crippen LogP contribution in [0.5, 0.6) is 0 Å². The molecule has 0 spiro atoms. The maximum absolute atomic E-state index is 12.7. The quantitative estimate of drug-likeness (QED) is 0.650. The molecule has 1 aliphatic carbocycles. The molecular formula is C21H22ClN3OS. The first-order valence-electron chi connectivity index (χ1n) is 9.28. The van der Waals surface area contributed by atoms with Crippen LogP contribution in [0.15, 0.2) is 30.3 Å².